The normalized spacial score (nSPS) is 17.0. The van der Waals surface area contributed by atoms with Crippen LogP contribution in [0.5, 0.6) is 0 Å². The van der Waals surface area contributed by atoms with Crippen molar-refractivity contribution in [3.63, 3.8) is 0 Å². The number of hydrogen-bond acceptors (Lipinski definition) is 5. The van der Waals surface area contributed by atoms with Crippen LogP contribution in [0.2, 0.25) is 5.02 Å². The number of carbonyl (C=O) groups excluding carboxylic acids is 1. The number of rotatable bonds is 3. The van der Waals surface area contributed by atoms with Gasteiger partial charge in [-0.15, -0.1) is 0 Å². The Kier molecular flexibility index (Phi) is 6.05. The summed E-state index contributed by atoms with van der Waals surface area (Å²) in [5, 5.41) is 9.73. The van der Waals surface area contributed by atoms with Gasteiger partial charge in [0.1, 0.15) is 23.3 Å². The largest absolute Gasteiger partial charge is 0.367 e. The monoisotopic (exact) mass is 427 g/mol. The molecule has 0 spiro atoms. The second kappa shape index (κ2) is 8.88. The Morgan fingerprint density at radius 1 is 1.07 bits per heavy atom. The molecule has 0 aliphatic carbocycles. The maximum absolute atomic E-state index is 13.9. The van der Waals surface area contributed by atoms with E-state index in [2.05, 4.69) is 9.88 Å². The zero-order valence-electron chi connectivity index (χ0n) is 16.7. The first kappa shape index (κ1) is 20.4. The lowest BCUT2D eigenvalue weighted by Crippen LogP contribution is -2.47. The van der Waals surface area contributed by atoms with Crippen molar-refractivity contribution in [2.24, 2.45) is 0 Å². The van der Waals surface area contributed by atoms with Crippen molar-refractivity contribution >= 4 is 29.0 Å². The number of nitrogens with zero attached hydrogens (tertiary/aromatic N) is 5. The first-order valence-electron chi connectivity index (χ1n) is 10.2. The van der Waals surface area contributed by atoms with Gasteiger partial charge in [0.25, 0.3) is 5.91 Å². The summed E-state index contributed by atoms with van der Waals surface area (Å²) in [6, 6.07) is 8.35. The van der Waals surface area contributed by atoms with Gasteiger partial charge in [0.05, 0.1) is 16.3 Å². The number of likely N-dealkylation sites (tertiary alicyclic amines) is 1. The number of carbonyl (C=O) groups is 1. The second-order valence-electron chi connectivity index (χ2n) is 7.60. The zero-order valence-corrected chi connectivity index (χ0v) is 17.4. The number of nitriles is 1. The topological polar surface area (TPSA) is 63.5 Å². The second-order valence-corrected chi connectivity index (χ2v) is 8.01. The molecule has 0 bridgehead atoms. The van der Waals surface area contributed by atoms with E-state index in [1.54, 1.807) is 24.4 Å². The van der Waals surface area contributed by atoms with Gasteiger partial charge < -0.3 is 14.7 Å². The molecule has 4 rings (SSSR count). The highest BCUT2D eigenvalue weighted by atomic mass is 35.5. The molecule has 2 fully saturated rings. The number of pyridine rings is 1. The average molecular weight is 428 g/mol. The fourth-order valence-electron chi connectivity index (χ4n) is 4.11. The molecule has 6 nitrogen and oxygen atoms in total. The summed E-state index contributed by atoms with van der Waals surface area (Å²) in [6.45, 7) is 4.06. The number of anilines is 2. The summed E-state index contributed by atoms with van der Waals surface area (Å²) >= 11 is 6.49. The highest BCUT2D eigenvalue weighted by Crippen LogP contribution is 2.28. The van der Waals surface area contributed by atoms with E-state index in [0.29, 0.717) is 48.3 Å². The molecule has 2 saturated heterocycles. The molecule has 156 valence electrons. The molecule has 0 unspecified atom stereocenters. The van der Waals surface area contributed by atoms with E-state index >= 15 is 0 Å². The van der Waals surface area contributed by atoms with E-state index in [9.17, 15) is 14.4 Å². The van der Waals surface area contributed by atoms with Crippen LogP contribution in [-0.2, 0) is 0 Å². The van der Waals surface area contributed by atoms with Gasteiger partial charge in [-0.05, 0) is 37.5 Å². The van der Waals surface area contributed by atoms with Crippen LogP contribution in [0.25, 0.3) is 0 Å². The fraction of sp³-hybridized carbons (Fsp3) is 0.409. The first-order valence-corrected chi connectivity index (χ1v) is 10.6. The van der Waals surface area contributed by atoms with Crippen molar-refractivity contribution < 1.29 is 9.18 Å². The minimum atomic E-state index is -0.504. The predicted octanol–water partition coefficient (Wildman–Crippen LogP) is 3.70. The van der Waals surface area contributed by atoms with Crippen LogP contribution in [0.3, 0.4) is 0 Å². The zero-order chi connectivity index (χ0) is 21.1. The van der Waals surface area contributed by atoms with Crippen molar-refractivity contribution in [3.8, 4) is 6.07 Å². The van der Waals surface area contributed by atoms with Gasteiger partial charge in [-0.3, -0.25) is 4.79 Å². The summed E-state index contributed by atoms with van der Waals surface area (Å²) in [4.78, 5) is 23.1. The molecule has 1 aromatic heterocycles. The van der Waals surface area contributed by atoms with Gasteiger partial charge in [0.2, 0.25) is 0 Å². The minimum absolute atomic E-state index is 0.0180. The van der Waals surface area contributed by atoms with E-state index < -0.39 is 5.82 Å². The maximum Gasteiger partial charge on any atom is 0.255 e. The van der Waals surface area contributed by atoms with Crippen molar-refractivity contribution in [2.75, 3.05) is 49.1 Å². The highest BCUT2D eigenvalue weighted by Gasteiger charge is 2.24. The SMILES string of the molecule is N#Cc1c(F)cccc1N1CCN(c2ncc(C(=O)N3CCCCC3)cc2Cl)CC1. The van der Waals surface area contributed by atoms with E-state index in [1.807, 2.05) is 15.9 Å². The van der Waals surface area contributed by atoms with Gasteiger partial charge in [-0.25, -0.2) is 9.37 Å². The van der Waals surface area contributed by atoms with Crippen LogP contribution in [0.1, 0.15) is 35.2 Å². The molecule has 2 aromatic rings. The molecule has 0 saturated carbocycles. The van der Waals surface area contributed by atoms with Crippen LogP contribution in [0.4, 0.5) is 15.9 Å². The summed E-state index contributed by atoms with van der Waals surface area (Å²) < 4.78 is 13.9. The Labute approximate surface area is 180 Å². The number of halogens is 2. The molecule has 1 amide bonds. The Morgan fingerprint density at radius 3 is 2.43 bits per heavy atom. The molecule has 0 N–H and O–H groups in total. The maximum atomic E-state index is 13.9. The molecule has 8 heteroatoms. The molecule has 0 radical (unpaired) electrons. The molecule has 2 aliphatic rings. The summed E-state index contributed by atoms with van der Waals surface area (Å²) in [6.07, 6.45) is 4.84. The molecule has 0 atom stereocenters. The third kappa shape index (κ3) is 4.05. The molecule has 1 aromatic carbocycles. The molecule has 30 heavy (non-hydrogen) atoms. The number of amides is 1. The van der Waals surface area contributed by atoms with Crippen LogP contribution in [-0.4, -0.2) is 55.1 Å². The van der Waals surface area contributed by atoms with E-state index in [-0.39, 0.29) is 11.5 Å². The smallest absolute Gasteiger partial charge is 0.255 e. The number of aromatic nitrogens is 1. The van der Waals surface area contributed by atoms with E-state index in [1.165, 1.54) is 12.5 Å². The van der Waals surface area contributed by atoms with Gasteiger partial charge in [0.15, 0.2) is 0 Å². The van der Waals surface area contributed by atoms with Crippen molar-refractivity contribution in [3.05, 3.63) is 52.4 Å². The van der Waals surface area contributed by atoms with Gasteiger partial charge in [-0.2, -0.15) is 5.26 Å². The standard InChI is InChI=1S/C22H23ClFN5O/c23-18-13-16(22(30)29-7-2-1-3-8-29)15-26-21(18)28-11-9-27(10-12-28)20-6-4-5-19(24)17(20)14-25/h4-6,13,15H,1-3,7-12H2. The Morgan fingerprint density at radius 2 is 1.77 bits per heavy atom. The van der Waals surface area contributed by atoms with Gasteiger partial charge in [0, 0.05) is 45.5 Å². The summed E-state index contributed by atoms with van der Waals surface area (Å²) in [7, 11) is 0. The first-order chi connectivity index (χ1) is 14.6. The summed E-state index contributed by atoms with van der Waals surface area (Å²) in [5.41, 5.74) is 1.20. The lowest BCUT2D eigenvalue weighted by molar-refractivity contribution is 0.0724. The Bertz CT molecular complexity index is 978. The molecular weight excluding hydrogens is 405 g/mol. The predicted molar refractivity (Wildman–Crippen MR) is 115 cm³/mol. The van der Waals surface area contributed by atoms with Crippen molar-refractivity contribution in [2.45, 2.75) is 19.3 Å². The number of hydrogen-bond donors (Lipinski definition) is 0. The van der Waals surface area contributed by atoms with Crippen molar-refractivity contribution in [1.82, 2.24) is 9.88 Å². The lowest BCUT2D eigenvalue weighted by Gasteiger charge is -2.37. The van der Waals surface area contributed by atoms with Gasteiger partial charge >= 0.3 is 0 Å². The highest BCUT2D eigenvalue weighted by molar-refractivity contribution is 6.33. The average Bonchev–Trinajstić information content (AvgIpc) is 2.79. The van der Waals surface area contributed by atoms with Crippen LogP contribution in [0, 0.1) is 17.1 Å². The Hall–Kier alpha value is -2.85. The molecule has 2 aliphatic heterocycles. The van der Waals surface area contributed by atoms with Gasteiger partial charge in [-0.1, -0.05) is 17.7 Å². The third-order valence-corrected chi connectivity index (χ3v) is 6.01. The number of piperidine rings is 1. The van der Waals surface area contributed by atoms with Crippen LogP contribution >= 0.6 is 11.6 Å². The van der Waals surface area contributed by atoms with Crippen LogP contribution in [0.15, 0.2) is 30.5 Å². The molecule has 3 heterocycles. The Balaban J connectivity index is 1.44. The van der Waals surface area contributed by atoms with E-state index in [4.69, 9.17) is 11.6 Å². The van der Waals surface area contributed by atoms with E-state index in [0.717, 1.165) is 25.9 Å². The fourth-order valence-corrected chi connectivity index (χ4v) is 4.39. The van der Waals surface area contributed by atoms with Crippen molar-refractivity contribution in [1.29, 1.82) is 5.26 Å². The minimum Gasteiger partial charge on any atom is -0.367 e. The quantitative estimate of drug-likeness (QED) is 0.747. The third-order valence-electron chi connectivity index (χ3n) is 5.74. The van der Waals surface area contributed by atoms with Crippen LogP contribution < -0.4 is 9.80 Å². The lowest BCUT2D eigenvalue weighted by atomic mass is 10.1. The number of piperazine rings is 1. The summed E-state index contributed by atoms with van der Waals surface area (Å²) in [5.74, 6) is 0.123. The number of benzene rings is 1. The molecular formula is C22H23ClFN5O.